The summed E-state index contributed by atoms with van der Waals surface area (Å²) in [6.07, 6.45) is 0.748. The quantitative estimate of drug-likeness (QED) is 0.838. The fraction of sp³-hybridized carbons (Fsp3) is 0.688. The van der Waals surface area contributed by atoms with Gasteiger partial charge < -0.3 is 15.2 Å². The van der Waals surface area contributed by atoms with E-state index in [9.17, 15) is 14.7 Å². The Labute approximate surface area is 137 Å². The molecule has 0 saturated carbocycles. The average molecular weight is 325 g/mol. The lowest BCUT2D eigenvalue weighted by atomic mass is 10.1. The number of rotatable bonds is 6. The second-order valence-corrected chi connectivity index (χ2v) is 6.48. The Bertz CT molecular complexity index is 560. The summed E-state index contributed by atoms with van der Waals surface area (Å²) in [7, 11) is 0. The molecule has 1 rings (SSSR count). The first-order chi connectivity index (χ1) is 10.6. The smallest absolute Gasteiger partial charge is 0.408 e. The average Bonchev–Trinajstić information content (AvgIpc) is 2.85. The zero-order chi connectivity index (χ0) is 17.8. The molecule has 0 aliphatic rings. The molecule has 2 atom stereocenters. The largest absolute Gasteiger partial charge is 0.480 e. The standard InChI is InChI=1S/C16H27N3O4/c1-7-11-9-12(8-2)19(18-11)10(3)13(14(20)21)17-15(22)23-16(4,5)6/h9-10,13H,7-8H2,1-6H3,(H,17,22)(H,20,21). The number of hydrogen-bond acceptors (Lipinski definition) is 4. The van der Waals surface area contributed by atoms with Gasteiger partial charge in [-0.25, -0.2) is 9.59 Å². The molecular formula is C16H27N3O4. The monoisotopic (exact) mass is 325 g/mol. The van der Waals surface area contributed by atoms with Crippen molar-refractivity contribution in [2.24, 2.45) is 0 Å². The Morgan fingerprint density at radius 2 is 1.96 bits per heavy atom. The molecule has 1 aromatic rings. The maximum Gasteiger partial charge on any atom is 0.408 e. The fourth-order valence-corrected chi connectivity index (χ4v) is 2.24. The Hall–Kier alpha value is -2.05. The summed E-state index contributed by atoms with van der Waals surface area (Å²) in [6, 6.07) is 0.304. The van der Waals surface area contributed by atoms with Crippen molar-refractivity contribution in [2.75, 3.05) is 0 Å². The zero-order valence-electron chi connectivity index (χ0n) is 14.7. The predicted octanol–water partition coefficient (Wildman–Crippen LogP) is 2.55. The van der Waals surface area contributed by atoms with Gasteiger partial charge in [-0.3, -0.25) is 4.68 Å². The van der Waals surface area contributed by atoms with Gasteiger partial charge in [0, 0.05) is 5.69 Å². The van der Waals surface area contributed by atoms with Crippen LogP contribution in [0.5, 0.6) is 0 Å². The number of nitrogens with zero attached hydrogens (tertiary/aromatic N) is 2. The van der Waals surface area contributed by atoms with Gasteiger partial charge in [-0.2, -0.15) is 5.10 Å². The third-order valence-corrected chi connectivity index (χ3v) is 3.39. The van der Waals surface area contributed by atoms with Crippen molar-refractivity contribution in [1.82, 2.24) is 15.1 Å². The lowest BCUT2D eigenvalue weighted by Crippen LogP contribution is -2.48. The maximum absolute atomic E-state index is 11.9. The molecule has 0 aliphatic heterocycles. The lowest BCUT2D eigenvalue weighted by molar-refractivity contribution is -0.140. The summed E-state index contributed by atoms with van der Waals surface area (Å²) in [5.74, 6) is -1.13. The highest BCUT2D eigenvalue weighted by atomic mass is 16.6. The number of carbonyl (C=O) groups excluding carboxylic acids is 1. The van der Waals surface area contributed by atoms with Gasteiger partial charge in [0.2, 0.25) is 0 Å². The molecule has 0 radical (unpaired) electrons. The van der Waals surface area contributed by atoms with E-state index in [1.54, 1.807) is 32.4 Å². The molecule has 0 fully saturated rings. The second kappa shape index (κ2) is 7.48. The molecule has 130 valence electrons. The maximum atomic E-state index is 11.9. The Kier molecular flexibility index (Phi) is 6.18. The van der Waals surface area contributed by atoms with E-state index < -0.39 is 29.7 Å². The minimum absolute atomic E-state index is 0.532. The summed E-state index contributed by atoms with van der Waals surface area (Å²) in [5, 5.41) is 16.3. The molecule has 0 bridgehead atoms. The summed E-state index contributed by atoms with van der Waals surface area (Å²) in [6.45, 7) is 10.9. The minimum atomic E-state index is -1.13. The van der Waals surface area contributed by atoms with Crippen LogP contribution in [0, 0.1) is 0 Å². The number of carboxylic acids is 1. The van der Waals surface area contributed by atoms with E-state index in [1.807, 2.05) is 19.9 Å². The molecule has 1 aromatic heterocycles. The Morgan fingerprint density at radius 1 is 1.35 bits per heavy atom. The number of alkyl carbamates (subject to hydrolysis) is 1. The molecule has 2 N–H and O–H groups in total. The van der Waals surface area contributed by atoms with Crippen LogP contribution in [0.4, 0.5) is 4.79 Å². The van der Waals surface area contributed by atoms with Crippen molar-refractivity contribution in [3.05, 3.63) is 17.5 Å². The summed E-state index contributed by atoms with van der Waals surface area (Å²) in [4.78, 5) is 23.5. The molecular weight excluding hydrogens is 298 g/mol. The van der Waals surface area contributed by atoms with E-state index in [-0.39, 0.29) is 0 Å². The minimum Gasteiger partial charge on any atom is -0.480 e. The number of carbonyl (C=O) groups is 2. The van der Waals surface area contributed by atoms with Crippen molar-refractivity contribution in [1.29, 1.82) is 0 Å². The predicted molar refractivity (Wildman–Crippen MR) is 86.5 cm³/mol. The van der Waals surface area contributed by atoms with E-state index >= 15 is 0 Å². The number of hydrogen-bond donors (Lipinski definition) is 2. The van der Waals surface area contributed by atoms with E-state index in [0.29, 0.717) is 0 Å². The normalized spacial score (nSPS) is 14.2. The van der Waals surface area contributed by atoms with Gasteiger partial charge in [-0.15, -0.1) is 0 Å². The van der Waals surface area contributed by atoms with Gasteiger partial charge in [0.1, 0.15) is 5.60 Å². The van der Waals surface area contributed by atoms with Crippen molar-refractivity contribution < 1.29 is 19.4 Å². The topological polar surface area (TPSA) is 93.5 Å². The molecule has 0 aromatic carbocycles. The molecule has 2 unspecified atom stereocenters. The van der Waals surface area contributed by atoms with Crippen LogP contribution in [-0.2, 0) is 22.4 Å². The summed E-state index contributed by atoms with van der Waals surface area (Å²) >= 11 is 0. The first-order valence-electron chi connectivity index (χ1n) is 7.88. The number of ether oxygens (including phenoxy) is 1. The number of carboxylic acid groups (broad SMARTS) is 1. The van der Waals surface area contributed by atoms with Gasteiger partial charge in [0.25, 0.3) is 0 Å². The van der Waals surface area contributed by atoms with Crippen molar-refractivity contribution >= 4 is 12.1 Å². The lowest BCUT2D eigenvalue weighted by Gasteiger charge is -2.26. The van der Waals surface area contributed by atoms with Gasteiger partial charge in [0.05, 0.1) is 11.7 Å². The summed E-state index contributed by atoms with van der Waals surface area (Å²) < 4.78 is 6.82. The van der Waals surface area contributed by atoms with Crippen LogP contribution in [0.3, 0.4) is 0 Å². The molecule has 7 heteroatoms. The van der Waals surface area contributed by atoms with E-state index in [1.165, 1.54) is 0 Å². The highest BCUT2D eigenvalue weighted by Crippen LogP contribution is 2.17. The molecule has 7 nitrogen and oxygen atoms in total. The fourth-order valence-electron chi connectivity index (χ4n) is 2.24. The molecule has 1 amide bonds. The SMILES string of the molecule is CCc1cc(CC)n(C(C)C(NC(=O)OC(C)(C)C)C(=O)O)n1. The van der Waals surface area contributed by atoms with Crippen molar-refractivity contribution in [3.63, 3.8) is 0 Å². The van der Waals surface area contributed by atoms with Crippen LogP contribution in [0.15, 0.2) is 6.07 Å². The van der Waals surface area contributed by atoms with Gasteiger partial charge in [0.15, 0.2) is 6.04 Å². The highest BCUT2D eigenvalue weighted by Gasteiger charge is 2.31. The third-order valence-electron chi connectivity index (χ3n) is 3.39. The van der Waals surface area contributed by atoms with Gasteiger partial charge in [-0.05, 0) is 46.6 Å². The second-order valence-electron chi connectivity index (χ2n) is 6.48. The first-order valence-corrected chi connectivity index (χ1v) is 7.88. The number of aryl methyl sites for hydroxylation is 2. The van der Waals surface area contributed by atoms with Crippen LogP contribution in [0.2, 0.25) is 0 Å². The molecule has 0 spiro atoms. The van der Waals surface area contributed by atoms with Crippen LogP contribution in [0.25, 0.3) is 0 Å². The molecule has 0 aliphatic carbocycles. The zero-order valence-corrected chi connectivity index (χ0v) is 14.7. The number of aromatic nitrogens is 2. The highest BCUT2D eigenvalue weighted by molar-refractivity contribution is 5.80. The van der Waals surface area contributed by atoms with Crippen molar-refractivity contribution in [3.8, 4) is 0 Å². The third kappa shape index (κ3) is 5.26. The first kappa shape index (κ1) is 19.0. The Morgan fingerprint density at radius 3 is 2.39 bits per heavy atom. The van der Waals surface area contributed by atoms with Crippen molar-refractivity contribution in [2.45, 2.75) is 72.1 Å². The van der Waals surface area contributed by atoms with Gasteiger partial charge >= 0.3 is 12.1 Å². The van der Waals surface area contributed by atoms with E-state index in [2.05, 4.69) is 10.4 Å². The number of nitrogens with one attached hydrogen (secondary N) is 1. The molecule has 23 heavy (non-hydrogen) atoms. The van der Waals surface area contributed by atoms with E-state index in [0.717, 1.165) is 24.2 Å². The van der Waals surface area contributed by atoms with Gasteiger partial charge in [-0.1, -0.05) is 13.8 Å². The number of amides is 1. The van der Waals surface area contributed by atoms with Crippen LogP contribution in [0.1, 0.15) is 59.0 Å². The van der Waals surface area contributed by atoms with Crippen LogP contribution >= 0.6 is 0 Å². The van der Waals surface area contributed by atoms with Crippen LogP contribution in [-0.4, -0.2) is 38.6 Å². The Balaban J connectivity index is 2.99. The summed E-state index contributed by atoms with van der Waals surface area (Å²) in [5.41, 5.74) is 1.15. The number of aliphatic carboxylic acids is 1. The van der Waals surface area contributed by atoms with E-state index in [4.69, 9.17) is 4.74 Å². The molecule has 0 saturated heterocycles. The molecule has 1 heterocycles. The van der Waals surface area contributed by atoms with Crippen LogP contribution < -0.4 is 5.32 Å².